The molecule has 0 radical (unpaired) electrons. The molecule has 0 aliphatic heterocycles. The molecule has 0 fully saturated rings. The second kappa shape index (κ2) is 12.9. The van der Waals surface area contributed by atoms with Gasteiger partial charge in [-0.3, -0.25) is 9.08 Å². The molecule has 0 saturated heterocycles. The van der Waals surface area contributed by atoms with Gasteiger partial charge in [0.25, 0.3) is 0 Å². The van der Waals surface area contributed by atoms with E-state index in [1.165, 1.54) is 46.4 Å². The van der Waals surface area contributed by atoms with Crippen molar-refractivity contribution in [3.05, 3.63) is 60.2 Å². The summed E-state index contributed by atoms with van der Waals surface area (Å²) in [5, 5.41) is -1.78. The van der Waals surface area contributed by atoms with E-state index in [0.717, 1.165) is 9.79 Å². The lowest BCUT2D eigenvalue weighted by atomic mass is 9.88. The summed E-state index contributed by atoms with van der Waals surface area (Å²) in [7, 11) is -5.88. The van der Waals surface area contributed by atoms with Gasteiger partial charge in [0.05, 0.1) is 5.71 Å². The number of halogens is 2. The first-order valence-corrected chi connectivity index (χ1v) is 15.0. The van der Waals surface area contributed by atoms with Crippen LogP contribution in [-0.2, 0) is 33.5 Å². The molecule has 0 aliphatic rings. The third-order valence-corrected chi connectivity index (χ3v) is 8.40. The van der Waals surface area contributed by atoms with Gasteiger partial charge < -0.3 is 9.47 Å². The minimum Gasteiger partial charge on any atom is -0.455 e. The van der Waals surface area contributed by atoms with E-state index in [-0.39, 0.29) is 17.5 Å². The average molecular weight is 614 g/mol. The third-order valence-electron chi connectivity index (χ3n) is 6.32. The van der Waals surface area contributed by atoms with Crippen LogP contribution in [0.1, 0.15) is 73.8 Å². The SMILES string of the molecule is CC(=NOS(=O)(=O)C(F)(F)C(=O)OC(C)(C)C(C)(C)OC(=O)CCC(C)(C)C)c1ccc(Sc2ccccc2)cc1. The number of benzene rings is 2. The summed E-state index contributed by atoms with van der Waals surface area (Å²) in [4.78, 5) is 26.6. The molecular weight excluding hydrogens is 576 g/mol. The zero-order valence-corrected chi connectivity index (χ0v) is 26.1. The van der Waals surface area contributed by atoms with Crippen molar-refractivity contribution in [1.29, 1.82) is 0 Å². The molecule has 8 nitrogen and oxygen atoms in total. The van der Waals surface area contributed by atoms with Crippen molar-refractivity contribution in [1.82, 2.24) is 0 Å². The summed E-state index contributed by atoms with van der Waals surface area (Å²) in [6, 6.07) is 16.4. The van der Waals surface area contributed by atoms with E-state index in [1.54, 1.807) is 24.3 Å². The van der Waals surface area contributed by atoms with Crippen LogP contribution < -0.4 is 0 Å². The Hall–Kier alpha value is -2.99. The van der Waals surface area contributed by atoms with Crippen LogP contribution in [0.4, 0.5) is 8.78 Å². The lowest BCUT2D eigenvalue weighted by Gasteiger charge is -2.40. The van der Waals surface area contributed by atoms with Crippen molar-refractivity contribution in [2.75, 3.05) is 0 Å². The van der Waals surface area contributed by atoms with Crippen molar-refractivity contribution < 1.29 is 40.5 Å². The fourth-order valence-electron chi connectivity index (χ4n) is 3.04. The van der Waals surface area contributed by atoms with E-state index < -0.39 is 38.5 Å². The van der Waals surface area contributed by atoms with Crippen molar-refractivity contribution in [3.8, 4) is 0 Å². The zero-order valence-electron chi connectivity index (χ0n) is 24.5. The predicted molar refractivity (Wildman–Crippen MR) is 153 cm³/mol. The van der Waals surface area contributed by atoms with E-state index in [9.17, 15) is 26.8 Å². The Morgan fingerprint density at radius 2 is 1.34 bits per heavy atom. The zero-order chi connectivity index (χ0) is 31.3. The monoisotopic (exact) mass is 613 g/mol. The highest BCUT2D eigenvalue weighted by molar-refractivity contribution is 7.99. The molecule has 0 amide bonds. The van der Waals surface area contributed by atoms with Crippen LogP contribution in [0, 0.1) is 5.41 Å². The van der Waals surface area contributed by atoms with Gasteiger partial charge in [-0.25, -0.2) is 4.79 Å². The van der Waals surface area contributed by atoms with Gasteiger partial charge in [0, 0.05) is 16.2 Å². The maximum atomic E-state index is 14.8. The molecule has 226 valence electrons. The van der Waals surface area contributed by atoms with E-state index in [0.29, 0.717) is 12.0 Å². The Labute approximate surface area is 244 Å². The highest BCUT2D eigenvalue weighted by Crippen LogP contribution is 2.35. The number of ether oxygens (including phenoxy) is 2. The largest absolute Gasteiger partial charge is 0.478 e. The van der Waals surface area contributed by atoms with Gasteiger partial charge in [-0.2, -0.15) is 17.2 Å². The molecule has 0 N–H and O–H groups in total. The van der Waals surface area contributed by atoms with E-state index in [1.807, 2.05) is 51.1 Å². The molecule has 0 bridgehead atoms. The first-order chi connectivity index (χ1) is 18.7. The molecular formula is C29H37F2NO7S2. The molecule has 0 saturated carbocycles. The summed E-state index contributed by atoms with van der Waals surface area (Å²) in [6.07, 6.45) is 0.563. The minimum atomic E-state index is -5.88. The van der Waals surface area contributed by atoms with Crippen molar-refractivity contribution in [2.24, 2.45) is 10.6 Å². The summed E-state index contributed by atoms with van der Waals surface area (Å²) in [5.74, 6) is -3.01. The summed E-state index contributed by atoms with van der Waals surface area (Å²) in [5.41, 5.74) is -3.15. The van der Waals surface area contributed by atoms with Crippen molar-refractivity contribution in [2.45, 2.75) is 94.5 Å². The van der Waals surface area contributed by atoms with Crippen LogP contribution in [0.2, 0.25) is 0 Å². The first kappa shape index (κ1) is 34.2. The number of rotatable bonds is 12. The van der Waals surface area contributed by atoms with E-state index in [4.69, 9.17) is 9.47 Å². The summed E-state index contributed by atoms with van der Waals surface area (Å²) >= 11 is 1.50. The molecule has 0 unspecified atom stereocenters. The van der Waals surface area contributed by atoms with Crippen LogP contribution in [-0.4, -0.2) is 42.5 Å². The summed E-state index contributed by atoms with van der Waals surface area (Å²) < 4.78 is 68.7. The highest BCUT2D eigenvalue weighted by atomic mass is 32.2. The van der Waals surface area contributed by atoms with E-state index in [2.05, 4.69) is 9.44 Å². The van der Waals surface area contributed by atoms with Crippen molar-refractivity contribution in [3.63, 3.8) is 0 Å². The Morgan fingerprint density at radius 3 is 1.88 bits per heavy atom. The maximum Gasteiger partial charge on any atom is 0.478 e. The Balaban J connectivity index is 2.08. The van der Waals surface area contributed by atoms with Gasteiger partial charge >= 0.3 is 27.3 Å². The fraction of sp³-hybridized carbons (Fsp3) is 0.483. The molecule has 0 aromatic heterocycles. The number of oxime groups is 1. The Morgan fingerprint density at radius 1 is 0.829 bits per heavy atom. The molecule has 2 rings (SSSR count). The van der Waals surface area contributed by atoms with Crippen LogP contribution in [0.25, 0.3) is 0 Å². The van der Waals surface area contributed by atoms with Crippen molar-refractivity contribution >= 4 is 39.5 Å². The normalized spacial score (nSPS) is 13.5. The average Bonchev–Trinajstić information content (AvgIpc) is 2.86. The molecule has 12 heteroatoms. The number of hydrogen-bond donors (Lipinski definition) is 0. The summed E-state index contributed by atoms with van der Waals surface area (Å²) in [6.45, 7) is 12.4. The molecule has 2 aromatic rings. The molecule has 0 heterocycles. The van der Waals surface area contributed by atoms with Crippen LogP contribution in [0.5, 0.6) is 0 Å². The van der Waals surface area contributed by atoms with E-state index >= 15 is 0 Å². The second-order valence-corrected chi connectivity index (χ2v) is 14.3. The number of nitrogens with zero attached hydrogens (tertiary/aromatic N) is 1. The first-order valence-electron chi connectivity index (χ1n) is 12.8. The number of carbonyl (C=O) groups excluding carboxylic acids is 2. The standard InChI is InChI=1S/C29H37F2NO7S2/c1-20(21-14-16-23(17-15-21)40-22-12-10-9-11-13-22)32-39-41(35,36)29(30,31)25(34)38-28(7,8)27(5,6)37-24(33)18-19-26(2,3)4/h9-17H,18-19H2,1-8H3. The quantitative estimate of drug-likeness (QED) is 0.143. The van der Waals surface area contributed by atoms with Gasteiger partial charge in [0.1, 0.15) is 11.2 Å². The van der Waals surface area contributed by atoms with Crippen LogP contribution in [0.15, 0.2) is 69.5 Å². The lowest BCUT2D eigenvalue weighted by molar-refractivity contribution is -0.208. The number of hydrogen-bond acceptors (Lipinski definition) is 9. The second-order valence-electron chi connectivity index (χ2n) is 11.6. The van der Waals surface area contributed by atoms with Gasteiger partial charge in [-0.15, -0.1) is 0 Å². The molecule has 0 aliphatic carbocycles. The molecule has 2 aromatic carbocycles. The predicted octanol–water partition coefficient (Wildman–Crippen LogP) is 6.97. The number of alkyl halides is 2. The minimum absolute atomic E-state index is 0.0161. The van der Waals surface area contributed by atoms with Gasteiger partial charge in [-0.05, 0) is 76.3 Å². The topological polar surface area (TPSA) is 108 Å². The van der Waals surface area contributed by atoms with Gasteiger partial charge in [-0.1, -0.05) is 68.0 Å². The Bertz CT molecular complexity index is 1350. The van der Waals surface area contributed by atoms with Gasteiger partial charge in [0.15, 0.2) is 0 Å². The lowest BCUT2D eigenvalue weighted by Crippen LogP contribution is -2.54. The molecule has 41 heavy (non-hydrogen) atoms. The van der Waals surface area contributed by atoms with Crippen LogP contribution in [0.3, 0.4) is 0 Å². The van der Waals surface area contributed by atoms with Gasteiger partial charge in [0.2, 0.25) is 0 Å². The maximum absolute atomic E-state index is 14.8. The van der Waals surface area contributed by atoms with Crippen LogP contribution >= 0.6 is 11.8 Å². The number of esters is 2. The smallest absolute Gasteiger partial charge is 0.455 e. The highest BCUT2D eigenvalue weighted by Gasteiger charge is 2.60. The number of carbonyl (C=O) groups is 2. The Kier molecular flexibility index (Phi) is 10.8. The fourth-order valence-corrected chi connectivity index (χ4v) is 4.43. The third kappa shape index (κ3) is 9.53. The molecule has 0 atom stereocenters. The molecule has 0 spiro atoms.